The van der Waals surface area contributed by atoms with Crippen LogP contribution >= 0.6 is 0 Å². The van der Waals surface area contributed by atoms with Crippen molar-refractivity contribution >= 4 is 0 Å². The number of ether oxygens (including phenoxy) is 1. The van der Waals surface area contributed by atoms with Crippen LogP contribution in [0.25, 0.3) is 5.69 Å². The molecule has 0 saturated carbocycles. The molecule has 1 aromatic heterocycles. The molecule has 2 heterocycles. The minimum absolute atomic E-state index is 0.139. The Morgan fingerprint density at radius 1 is 1.47 bits per heavy atom. The van der Waals surface area contributed by atoms with Gasteiger partial charge in [0.1, 0.15) is 17.6 Å². The summed E-state index contributed by atoms with van der Waals surface area (Å²) in [4.78, 5) is 0. The molecule has 1 saturated heterocycles. The Morgan fingerprint density at radius 3 is 3.05 bits per heavy atom. The quantitative estimate of drug-likeness (QED) is 0.916. The highest BCUT2D eigenvalue weighted by atomic mass is 19.1. The van der Waals surface area contributed by atoms with Gasteiger partial charge in [-0.2, -0.15) is 0 Å². The number of rotatable bonds is 3. The lowest BCUT2D eigenvalue weighted by molar-refractivity contribution is 0.104. The van der Waals surface area contributed by atoms with Gasteiger partial charge in [0.25, 0.3) is 0 Å². The number of hydrogen-bond acceptors (Lipinski definition) is 4. The minimum atomic E-state index is -0.336. The van der Waals surface area contributed by atoms with Crippen molar-refractivity contribution in [2.24, 2.45) is 0 Å². The van der Waals surface area contributed by atoms with E-state index in [1.807, 2.05) is 0 Å². The Balaban J connectivity index is 2.08. The lowest BCUT2D eigenvalue weighted by Crippen LogP contribution is -2.09. The average Bonchev–Trinajstić information content (AvgIpc) is 3.07. The number of aromatic nitrogens is 3. The van der Waals surface area contributed by atoms with Crippen LogP contribution < -0.4 is 0 Å². The molecule has 6 heteroatoms. The van der Waals surface area contributed by atoms with Gasteiger partial charge in [-0.25, -0.2) is 9.07 Å². The zero-order valence-corrected chi connectivity index (χ0v) is 10.3. The number of hydrogen-bond donors (Lipinski definition) is 1. The topological polar surface area (TPSA) is 60.2 Å². The van der Waals surface area contributed by atoms with Gasteiger partial charge in [-0.3, -0.25) is 0 Å². The molecule has 0 radical (unpaired) electrons. The maximum Gasteiger partial charge on any atom is 0.125 e. The van der Waals surface area contributed by atoms with Crippen molar-refractivity contribution in [3.63, 3.8) is 0 Å². The van der Waals surface area contributed by atoms with Crippen LogP contribution in [-0.4, -0.2) is 26.7 Å². The number of halogens is 1. The van der Waals surface area contributed by atoms with Gasteiger partial charge in [0.2, 0.25) is 0 Å². The van der Waals surface area contributed by atoms with E-state index in [0.29, 0.717) is 23.7 Å². The first-order chi connectivity index (χ1) is 9.29. The summed E-state index contributed by atoms with van der Waals surface area (Å²) in [6, 6.07) is 6.12. The van der Waals surface area contributed by atoms with Gasteiger partial charge in [0.05, 0.1) is 18.0 Å². The highest BCUT2D eigenvalue weighted by molar-refractivity contribution is 5.34. The molecule has 0 amide bonds. The molecule has 0 spiro atoms. The molecule has 100 valence electrons. The largest absolute Gasteiger partial charge is 0.390 e. The highest BCUT2D eigenvalue weighted by Crippen LogP contribution is 2.31. The normalized spacial score (nSPS) is 18.9. The monoisotopic (exact) mass is 263 g/mol. The Morgan fingerprint density at radius 2 is 2.37 bits per heavy atom. The lowest BCUT2D eigenvalue weighted by atomic mass is 10.1. The summed E-state index contributed by atoms with van der Waals surface area (Å²) in [5.41, 5.74) is 1.78. The summed E-state index contributed by atoms with van der Waals surface area (Å²) in [7, 11) is 0. The molecule has 1 aliphatic rings. The summed E-state index contributed by atoms with van der Waals surface area (Å²) >= 11 is 0. The fourth-order valence-electron chi connectivity index (χ4n) is 2.35. The first-order valence-electron chi connectivity index (χ1n) is 6.22. The Hall–Kier alpha value is -1.79. The summed E-state index contributed by atoms with van der Waals surface area (Å²) in [6.45, 7) is 0.481. The van der Waals surface area contributed by atoms with E-state index in [4.69, 9.17) is 4.74 Å². The van der Waals surface area contributed by atoms with E-state index in [1.165, 1.54) is 12.1 Å². The van der Waals surface area contributed by atoms with Crippen molar-refractivity contribution in [3.05, 3.63) is 41.5 Å². The van der Waals surface area contributed by atoms with E-state index >= 15 is 0 Å². The van der Waals surface area contributed by atoms with E-state index in [-0.39, 0.29) is 18.5 Å². The molecular formula is C13H14FN3O2. The van der Waals surface area contributed by atoms with E-state index < -0.39 is 0 Å². The standard InChI is InChI=1S/C13H14FN3O2/c14-9-3-1-4-10(7-9)17-13(11(8-18)15-16-17)12-5-2-6-19-12/h1,3-4,7,12,18H,2,5-6,8H2. The SMILES string of the molecule is OCc1nnn(-c2cccc(F)c2)c1C1CCCO1. The zero-order valence-electron chi connectivity index (χ0n) is 10.3. The van der Waals surface area contributed by atoms with Crippen LogP contribution in [0.2, 0.25) is 0 Å². The fourth-order valence-corrected chi connectivity index (χ4v) is 2.35. The summed E-state index contributed by atoms with van der Waals surface area (Å²) < 4.78 is 20.5. The molecule has 1 N–H and O–H groups in total. The molecule has 0 aliphatic carbocycles. The second-order valence-electron chi connectivity index (χ2n) is 4.47. The van der Waals surface area contributed by atoms with E-state index in [0.717, 1.165) is 12.8 Å². The smallest absolute Gasteiger partial charge is 0.125 e. The van der Waals surface area contributed by atoms with Crippen molar-refractivity contribution in [1.82, 2.24) is 15.0 Å². The fraction of sp³-hybridized carbons (Fsp3) is 0.385. The molecule has 1 fully saturated rings. The zero-order chi connectivity index (χ0) is 13.2. The Bertz CT molecular complexity index is 579. The molecular weight excluding hydrogens is 249 g/mol. The third-order valence-electron chi connectivity index (χ3n) is 3.22. The van der Waals surface area contributed by atoms with Crippen molar-refractivity contribution in [1.29, 1.82) is 0 Å². The predicted octanol–water partition coefficient (Wildman–Crippen LogP) is 1.75. The molecule has 0 bridgehead atoms. The first-order valence-corrected chi connectivity index (χ1v) is 6.22. The van der Waals surface area contributed by atoms with E-state index in [1.54, 1.807) is 16.8 Å². The number of benzene rings is 1. The molecule has 5 nitrogen and oxygen atoms in total. The number of nitrogens with zero attached hydrogens (tertiary/aromatic N) is 3. The van der Waals surface area contributed by atoms with E-state index in [9.17, 15) is 9.50 Å². The molecule has 1 aromatic carbocycles. The number of aliphatic hydroxyl groups excluding tert-OH is 1. The molecule has 1 aliphatic heterocycles. The number of aliphatic hydroxyl groups is 1. The van der Waals surface area contributed by atoms with Crippen molar-refractivity contribution in [3.8, 4) is 5.69 Å². The lowest BCUT2D eigenvalue weighted by Gasteiger charge is -2.13. The molecule has 3 rings (SSSR count). The Labute approximate surface area is 109 Å². The van der Waals surface area contributed by atoms with Gasteiger partial charge in [0, 0.05) is 6.61 Å². The van der Waals surface area contributed by atoms with Crippen molar-refractivity contribution < 1.29 is 14.2 Å². The molecule has 19 heavy (non-hydrogen) atoms. The van der Waals surface area contributed by atoms with Crippen LogP contribution in [0.4, 0.5) is 4.39 Å². The predicted molar refractivity (Wildman–Crippen MR) is 65.2 cm³/mol. The van der Waals surface area contributed by atoms with Gasteiger partial charge in [-0.1, -0.05) is 11.3 Å². The van der Waals surface area contributed by atoms with Crippen molar-refractivity contribution in [2.75, 3.05) is 6.61 Å². The maximum absolute atomic E-state index is 13.3. The summed E-state index contributed by atoms with van der Waals surface area (Å²) in [6.07, 6.45) is 1.68. The van der Waals surface area contributed by atoms with Gasteiger partial charge >= 0.3 is 0 Å². The van der Waals surface area contributed by atoms with Gasteiger partial charge in [-0.05, 0) is 31.0 Å². The molecule has 1 atom stereocenters. The maximum atomic E-state index is 13.3. The minimum Gasteiger partial charge on any atom is -0.390 e. The summed E-state index contributed by atoms with van der Waals surface area (Å²) in [5.74, 6) is -0.336. The second kappa shape index (κ2) is 5.07. The van der Waals surface area contributed by atoms with Crippen LogP contribution in [0.15, 0.2) is 24.3 Å². The molecule has 2 aromatic rings. The van der Waals surface area contributed by atoms with Crippen LogP contribution in [-0.2, 0) is 11.3 Å². The van der Waals surface area contributed by atoms with Crippen LogP contribution in [0.5, 0.6) is 0 Å². The van der Waals surface area contributed by atoms with Gasteiger partial charge in [-0.15, -0.1) is 5.10 Å². The Kier molecular flexibility index (Phi) is 3.27. The third-order valence-corrected chi connectivity index (χ3v) is 3.22. The van der Waals surface area contributed by atoms with Crippen molar-refractivity contribution in [2.45, 2.75) is 25.6 Å². The van der Waals surface area contributed by atoms with E-state index in [2.05, 4.69) is 10.3 Å². The first kappa shape index (κ1) is 12.3. The van der Waals surface area contributed by atoms with Crippen LogP contribution in [0.1, 0.15) is 30.3 Å². The van der Waals surface area contributed by atoms with Crippen LogP contribution in [0.3, 0.4) is 0 Å². The third kappa shape index (κ3) is 2.24. The highest BCUT2D eigenvalue weighted by Gasteiger charge is 2.26. The van der Waals surface area contributed by atoms with Crippen LogP contribution in [0, 0.1) is 5.82 Å². The van der Waals surface area contributed by atoms with Gasteiger partial charge in [0.15, 0.2) is 0 Å². The summed E-state index contributed by atoms with van der Waals surface area (Å²) in [5, 5.41) is 17.3. The molecule has 1 unspecified atom stereocenters. The average molecular weight is 263 g/mol. The second-order valence-corrected chi connectivity index (χ2v) is 4.47. The van der Waals surface area contributed by atoms with Gasteiger partial charge < -0.3 is 9.84 Å².